The van der Waals surface area contributed by atoms with Gasteiger partial charge in [-0.05, 0) is 18.8 Å². The molecule has 1 saturated carbocycles. The summed E-state index contributed by atoms with van der Waals surface area (Å²) in [5.41, 5.74) is 0. The summed E-state index contributed by atoms with van der Waals surface area (Å²) in [4.78, 5) is 24.5. The first kappa shape index (κ1) is 15.8. The number of carbonyl (C=O) groups is 2. The van der Waals surface area contributed by atoms with Gasteiger partial charge in [-0.2, -0.15) is 0 Å². The second-order valence-corrected chi connectivity index (χ2v) is 5.54. The van der Waals surface area contributed by atoms with Gasteiger partial charge in [-0.15, -0.1) is 0 Å². The fourth-order valence-corrected chi connectivity index (χ4v) is 2.44. The van der Waals surface area contributed by atoms with Crippen LogP contribution in [0.1, 0.15) is 39.5 Å². The molecule has 1 aliphatic carbocycles. The number of amides is 2. The normalized spacial score (nSPS) is 24.9. The zero-order chi connectivity index (χ0) is 14.6. The number of urea groups is 1. The van der Waals surface area contributed by atoms with Crippen LogP contribution in [0.25, 0.3) is 0 Å². The molecule has 0 saturated heterocycles. The lowest BCUT2D eigenvalue weighted by Crippen LogP contribution is -2.54. The number of rotatable bonds is 4. The van der Waals surface area contributed by atoms with E-state index < -0.39 is 24.1 Å². The summed E-state index contributed by atoms with van der Waals surface area (Å²) >= 11 is 0. The van der Waals surface area contributed by atoms with Crippen molar-refractivity contribution in [3.8, 4) is 0 Å². The molecule has 0 aliphatic heterocycles. The van der Waals surface area contributed by atoms with Crippen LogP contribution in [-0.2, 0) is 4.79 Å². The lowest BCUT2D eigenvalue weighted by atomic mass is 9.92. The van der Waals surface area contributed by atoms with Crippen LogP contribution in [-0.4, -0.2) is 52.3 Å². The fraction of sp³-hybridized carbons (Fsp3) is 0.846. The van der Waals surface area contributed by atoms with E-state index in [2.05, 4.69) is 5.32 Å². The van der Waals surface area contributed by atoms with Gasteiger partial charge in [0.15, 0.2) is 0 Å². The number of nitrogens with one attached hydrogen (secondary N) is 1. The number of carbonyl (C=O) groups excluding carboxylic acids is 1. The molecule has 19 heavy (non-hydrogen) atoms. The van der Waals surface area contributed by atoms with Crippen molar-refractivity contribution in [2.45, 2.75) is 57.7 Å². The van der Waals surface area contributed by atoms with Gasteiger partial charge < -0.3 is 20.4 Å². The van der Waals surface area contributed by atoms with E-state index >= 15 is 0 Å². The number of nitrogens with zero attached hydrogens (tertiary/aromatic N) is 1. The first-order valence-electron chi connectivity index (χ1n) is 6.78. The lowest BCUT2D eigenvalue weighted by Gasteiger charge is -2.36. The summed E-state index contributed by atoms with van der Waals surface area (Å²) < 4.78 is 0. The molecule has 6 heteroatoms. The zero-order valence-electron chi connectivity index (χ0n) is 11.8. The van der Waals surface area contributed by atoms with Crippen LogP contribution in [0.4, 0.5) is 4.79 Å². The summed E-state index contributed by atoms with van der Waals surface area (Å²) in [5, 5.41) is 21.5. The number of carboxylic acid groups (broad SMARTS) is 1. The van der Waals surface area contributed by atoms with Gasteiger partial charge in [0.25, 0.3) is 0 Å². The van der Waals surface area contributed by atoms with Gasteiger partial charge in [0.05, 0.1) is 12.1 Å². The summed E-state index contributed by atoms with van der Waals surface area (Å²) in [6, 6.07) is -1.57. The Labute approximate surface area is 113 Å². The molecule has 110 valence electrons. The number of carboxylic acids is 1. The van der Waals surface area contributed by atoms with Crippen molar-refractivity contribution < 1.29 is 19.8 Å². The van der Waals surface area contributed by atoms with Crippen LogP contribution < -0.4 is 5.32 Å². The third-order valence-corrected chi connectivity index (χ3v) is 3.72. The zero-order valence-corrected chi connectivity index (χ0v) is 11.8. The number of hydrogen-bond donors (Lipinski definition) is 3. The molecule has 3 N–H and O–H groups in total. The van der Waals surface area contributed by atoms with Crippen LogP contribution in [0, 0.1) is 5.92 Å². The Morgan fingerprint density at radius 3 is 2.32 bits per heavy atom. The molecule has 1 fully saturated rings. The Hall–Kier alpha value is -1.30. The molecule has 3 atom stereocenters. The fourth-order valence-electron chi connectivity index (χ4n) is 2.44. The predicted molar refractivity (Wildman–Crippen MR) is 70.8 cm³/mol. The van der Waals surface area contributed by atoms with E-state index in [0.29, 0.717) is 6.42 Å². The molecular weight excluding hydrogens is 248 g/mol. The van der Waals surface area contributed by atoms with Gasteiger partial charge >= 0.3 is 12.0 Å². The van der Waals surface area contributed by atoms with Crippen molar-refractivity contribution in [3.05, 3.63) is 0 Å². The Bertz CT molecular complexity index is 333. The molecule has 0 spiro atoms. The minimum absolute atomic E-state index is 0.189. The highest BCUT2D eigenvalue weighted by atomic mass is 16.4. The van der Waals surface area contributed by atoms with Crippen molar-refractivity contribution >= 4 is 12.0 Å². The van der Waals surface area contributed by atoms with Crippen LogP contribution in [0.15, 0.2) is 0 Å². The minimum atomic E-state index is -1.04. The molecule has 0 aromatic heterocycles. The van der Waals surface area contributed by atoms with Gasteiger partial charge in [-0.25, -0.2) is 9.59 Å². The van der Waals surface area contributed by atoms with Crippen molar-refractivity contribution in [3.63, 3.8) is 0 Å². The van der Waals surface area contributed by atoms with E-state index in [1.165, 1.54) is 4.90 Å². The lowest BCUT2D eigenvalue weighted by molar-refractivity contribution is -0.140. The largest absolute Gasteiger partial charge is 0.480 e. The van der Waals surface area contributed by atoms with Gasteiger partial charge in [-0.3, -0.25) is 0 Å². The highest BCUT2D eigenvalue weighted by Crippen LogP contribution is 2.22. The maximum Gasteiger partial charge on any atom is 0.326 e. The summed E-state index contributed by atoms with van der Waals surface area (Å²) in [6.07, 6.45) is 2.87. The molecule has 6 nitrogen and oxygen atoms in total. The van der Waals surface area contributed by atoms with E-state index in [1.807, 2.05) is 0 Å². The van der Waals surface area contributed by atoms with Crippen molar-refractivity contribution in [2.75, 3.05) is 7.05 Å². The highest BCUT2D eigenvalue weighted by molar-refractivity contribution is 5.82. The second kappa shape index (κ2) is 6.75. The molecule has 0 aromatic carbocycles. The molecule has 1 aliphatic rings. The Balaban J connectivity index is 2.63. The van der Waals surface area contributed by atoms with E-state index in [-0.39, 0.29) is 12.0 Å². The predicted octanol–water partition coefficient (Wildman–Crippen LogP) is 1.04. The standard InChI is InChI=1S/C13H24N2O4/c1-8(2)11(12(17)18)14-13(19)15(3)9-6-4-5-7-10(9)16/h8-11,16H,4-7H2,1-3H3,(H,14,19)(H,17,18)/t9?,10?,11-/m1/s1. The van der Waals surface area contributed by atoms with Crippen molar-refractivity contribution in [1.29, 1.82) is 0 Å². The van der Waals surface area contributed by atoms with Crippen LogP contribution in [0.5, 0.6) is 0 Å². The Morgan fingerprint density at radius 2 is 1.84 bits per heavy atom. The Morgan fingerprint density at radius 1 is 1.26 bits per heavy atom. The van der Waals surface area contributed by atoms with Gasteiger partial charge in [-0.1, -0.05) is 26.7 Å². The van der Waals surface area contributed by atoms with Crippen LogP contribution >= 0.6 is 0 Å². The molecule has 2 amide bonds. The molecule has 2 unspecified atom stereocenters. The molecular formula is C13H24N2O4. The molecule has 0 heterocycles. The number of likely N-dealkylation sites (N-methyl/N-ethyl adjacent to an activating group) is 1. The average molecular weight is 272 g/mol. The number of aliphatic carboxylic acids is 1. The number of hydrogen-bond acceptors (Lipinski definition) is 3. The van der Waals surface area contributed by atoms with Crippen LogP contribution in [0.2, 0.25) is 0 Å². The molecule has 0 aromatic rings. The molecule has 1 rings (SSSR count). The maximum atomic E-state index is 12.0. The minimum Gasteiger partial charge on any atom is -0.480 e. The van der Waals surface area contributed by atoms with Gasteiger partial charge in [0.2, 0.25) is 0 Å². The van der Waals surface area contributed by atoms with Crippen molar-refractivity contribution in [2.24, 2.45) is 5.92 Å². The van der Waals surface area contributed by atoms with E-state index in [1.54, 1.807) is 20.9 Å². The third kappa shape index (κ3) is 4.09. The van der Waals surface area contributed by atoms with E-state index in [9.17, 15) is 14.7 Å². The highest BCUT2D eigenvalue weighted by Gasteiger charge is 2.32. The summed E-state index contributed by atoms with van der Waals surface area (Å²) in [5.74, 6) is -1.23. The Kier molecular flexibility index (Phi) is 5.60. The van der Waals surface area contributed by atoms with Crippen LogP contribution in [0.3, 0.4) is 0 Å². The average Bonchev–Trinajstić information content (AvgIpc) is 2.34. The maximum absolute atomic E-state index is 12.0. The second-order valence-electron chi connectivity index (χ2n) is 5.54. The van der Waals surface area contributed by atoms with Gasteiger partial charge in [0.1, 0.15) is 6.04 Å². The van der Waals surface area contributed by atoms with Gasteiger partial charge in [0, 0.05) is 7.05 Å². The monoisotopic (exact) mass is 272 g/mol. The molecule has 0 bridgehead atoms. The van der Waals surface area contributed by atoms with Crippen molar-refractivity contribution in [1.82, 2.24) is 10.2 Å². The first-order chi connectivity index (χ1) is 8.84. The van der Waals surface area contributed by atoms with E-state index in [0.717, 1.165) is 19.3 Å². The topological polar surface area (TPSA) is 89.9 Å². The first-order valence-corrected chi connectivity index (χ1v) is 6.78. The smallest absolute Gasteiger partial charge is 0.326 e. The summed E-state index contributed by atoms with van der Waals surface area (Å²) in [6.45, 7) is 3.49. The summed E-state index contributed by atoms with van der Waals surface area (Å²) in [7, 11) is 1.60. The van der Waals surface area contributed by atoms with E-state index in [4.69, 9.17) is 5.11 Å². The number of aliphatic hydroxyl groups is 1. The quantitative estimate of drug-likeness (QED) is 0.713. The number of aliphatic hydroxyl groups excluding tert-OH is 1. The SMILES string of the molecule is CC(C)[C@@H](NC(=O)N(C)C1CCCCC1O)C(=O)O. The molecule has 0 radical (unpaired) electrons. The third-order valence-electron chi connectivity index (χ3n) is 3.72.